The summed E-state index contributed by atoms with van der Waals surface area (Å²) in [4.78, 5) is 0. The maximum Gasteiger partial charge on any atom is 0.0652 e. The van der Waals surface area contributed by atoms with Crippen LogP contribution in [0.3, 0.4) is 0 Å². The summed E-state index contributed by atoms with van der Waals surface area (Å²) in [6.45, 7) is 3.07. The summed E-state index contributed by atoms with van der Waals surface area (Å²) < 4.78 is 0. The van der Waals surface area contributed by atoms with Crippen LogP contribution in [-0.4, -0.2) is 30.0 Å². The van der Waals surface area contributed by atoms with Gasteiger partial charge in [0.15, 0.2) is 0 Å². The minimum absolute atomic E-state index is 0.0105. The SMILES string of the molecule is CC(CO)(NCC1(CO)CCCCC1)c1ccccc1. The fourth-order valence-electron chi connectivity index (χ4n) is 3.13. The second-order valence-electron chi connectivity index (χ2n) is 6.43. The Kier molecular flexibility index (Phi) is 5.19. The fraction of sp³-hybridized carbons (Fsp3) is 0.647. The molecular weight excluding hydrogens is 250 g/mol. The Morgan fingerprint density at radius 1 is 1.10 bits per heavy atom. The normalized spacial score (nSPS) is 21.4. The van der Waals surface area contributed by atoms with Gasteiger partial charge in [-0.05, 0) is 25.3 Å². The van der Waals surface area contributed by atoms with Crippen LogP contribution in [-0.2, 0) is 5.54 Å². The number of nitrogens with one attached hydrogen (secondary N) is 1. The highest BCUT2D eigenvalue weighted by Crippen LogP contribution is 2.36. The number of aliphatic hydroxyl groups is 2. The lowest BCUT2D eigenvalue weighted by Crippen LogP contribution is -2.49. The smallest absolute Gasteiger partial charge is 0.0652 e. The molecule has 0 aromatic heterocycles. The summed E-state index contributed by atoms with van der Waals surface area (Å²) >= 11 is 0. The predicted molar refractivity (Wildman–Crippen MR) is 81.5 cm³/mol. The standard InChI is InChI=1S/C17H27NO2/c1-16(13-19,15-8-4-2-5-9-15)18-12-17(14-20)10-6-3-7-11-17/h2,4-5,8-9,18-20H,3,6-7,10-14H2,1H3. The van der Waals surface area contributed by atoms with Gasteiger partial charge in [-0.25, -0.2) is 0 Å². The highest BCUT2D eigenvalue weighted by atomic mass is 16.3. The Morgan fingerprint density at radius 2 is 1.75 bits per heavy atom. The molecule has 0 aliphatic heterocycles. The van der Waals surface area contributed by atoms with Gasteiger partial charge in [-0.1, -0.05) is 49.6 Å². The van der Waals surface area contributed by atoms with Crippen molar-refractivity contribution in [3.63, 3.8) is 0 Å². The van der Waals surface area contributed by atoms with E-state index in [1.807, 2.05) is 37.3 Å². The average molecular weight is 277 g/mol. The second kappa shape index (κ2) is 6.70. The first-order valence-electron chi connectivity index (χ1n) is 7.66. The van der Waals surface area contributed by atoms with Crippen molar-refractivity contribution in [3.8, 4) is 0 Å². The van der Waals surface area contributed by atoms with E-state index < -0.39 is 5.54 Å². The van der Waals surface area contributed by atoms with Crippen molar-refractivity contribution in [3.05, 3.63) is 35.9 Å². The maximum absolute atomic E-state index is 9.80. The quantitative estimate of drug-likeness (QED) is 0.748. The molecule has 0 amide bonds. The van der Waals surface area contributed by atoms with Crippen molar-refractivity contribution in [2.24, 2.45) is 5.41 Å². The van der Waals surface area contributed by atoms with Gasteiger partial charge >= 0.3 is 0 Å². The van der Waals surface area contributed by atoms with E-state index in [0.717, 1.165) is 24.9 Å². The molecule has 1 aromatic carbocycles. The van der Waals surface area contributed by atoms with Gasteiger partial charge in [0.2, 0.25) is 0 Å². The van der Waals surface area contributed by atoms with E-state index in [-0.39, 0.29) is 18.6 Å². The molecule has 0 radical (unpaired) electrons. The molecule has 1 aromatic rings. The summed E-state index contributed by atoms with van der Waals surface area (Å²) in [5.41, 5.74) is 0.635. The highest BCUT2D eigenvalue weighted by molar-refractivity contribution is 5.23. The molecule has 1 fully saturated rings. The van der Waals surface area contributed by atoms with Crippen molar-refractivity contribution < 1.29 is 10.2 Å². The summed E-state index contributed by atoms with van der Waals surface area (Å²) in [6, 6.07) is 10.0. The predicted octanol–water partition coefficient (Wildman–Crippen LogP) is 2.43. The van der Waals surface area contributed by atoms with E-state index in [1.54, 1.807) is 0 Å². The molecule has 0 bridgehead atoms. The van der Waals surface area contributed by atoms with E-state index in [9.17, 15) is 10.2 Å². The van der Waals surface area contributed by atoms with Crippen LogP contribution in [0.4, 0.5) is 0 Å². The van der Waals surface area contributed by atoms with E-state index in [2.05, 4.69) is 5.32 Å². The van der Waals surface area contributed by atoms with E-state index in [1.165, 1.54) is 19.3 Å². The molecule has 1 aliphatic carbocycles. The molecule has 1 saturated carbocycles. The van der Waals surface area contributed by atoms with E-state index >= 15 is 0 Å². The van der Waals surface area contributed by atoms with Crippen molar-refractivity contribution in [2.45, 2.75) is 44.6 Å². The summed E-state index contributed by atoms with van der Waals surface area (Å²) in [5.74, 6) is 0. The summed E-state index contributed by atoms with van der Waals surface area (Å²) in [5, 5.41) is 23.1. The largest absolute Gasteiger partial charge is 0.396 e. The monoisotopic (exact) mass is 277 g/mol. The van der Waals surface area contributed by atoms with Crippen LogP contribution >= 0.6 is 0 Å². The van der Waals surface area contributed by atoms with Gasteiger partial charge in [-0.3, -0.25) is 0 Å². The molecule has 3 nitrogen and oxygen atoms in total. The van der Waals surface area contributed by atoms with Crippen LogP contribution in [0.2, 0.25) is 0 Å². The van der Waals surface area contributed by atoms with Crippen LogP contribution in [0, 0.1) is 5.41 Å². The third kappa shape index (κ3) is 3.40. The lowest BCUT2D eigenvalue weighted by molar-refractivity contribution is 0.0634. The molecule has 1 atom stereocenters. The lowest BCUT2D eigenvalue weighted by atomic mass is 9.74. The van der Waals surface area contributed by atoms with Gasteiger partial charge in [0.05, 0.1) is 12.1 Å². The topological polar surface area (TPSA) is 52.5 Å². The first-order valence-corrected chi connectivity index (χ1v) is 7.66. The molecule has 112 valence electrons. The van der Waals surface area contributed by atoms with Gasteiger partial charge in [0, 0.05) is 18.6 Å². The minimum atomic E-state index is -0.444. The second-order valence-corrected chi connectivity index (χ2v) is 6.43. The first kappa shape index (κ1) is 15.5. The Balaban J connectivity index is 2.06. The first-order chi connectivity index (χ1) is 9.64. The van der Waals surface area contributed by atoms with E-state index in [0.29, 0.717) is 0 Å². The Labute approximate surface area is 122 Å². The van der Waals surface area contributed by atoms with Gasteiger partial charge in [-0.15, -0.1) is 0 Å². The zero-order valence-electron chi connectivity index (χ0n) is 12.4. The number of benzene rings is 1. The van der Waals surface area contributed by atoms with Crippen LogP contribution in [0.25, 0.3) is 0 Å². The summed E-state index contributed by atoms with van der Waals surface area (Å²) in [7, 11) is 0. The Morgan fingerprint density at radius 3 is 2.30 bits per heavy atom. The zero-order valence-corrected chi connectivity index (χ0v) is 12.4. The molecule has 0 heterocycles. The third-order valence-corrected chi connectivity index (χ3v) is 4.83. The minimum Gasteiger partial charge on any atom is -0.396 e. The molecule has 20 heavy (non-hydrogen) atoms. The molecule has 3 heteroatoms. The van der Waals surface area contributed by atoms with Gasteiger partial charge < -0.3 is 15.5 Å². The number of rotatable bonds is 6. The van der Waals surface area contributed by atoms with Crippen molar-refractivity contribution in [1.29, 1.82) is 0 Å². The average Bonchev–Trinajstić information content (AvgIpc) is 2.54. The molecule has 0 spiro atoms. The van der Waals surface area contributed by atoms with Crippen molar-refractivity contribution in [2.75, 3.05) is 19.8 Å². The molecule has 0 saturated heterocycles. The molecule has 1 unspecified atom stereocenters. The molecule has 1 aliphatic rings. The molecular formula is C17H27NO2. The third-order valence-electron chi connectivity index (χ3n) is 4.83. The zero-order chi connectivity index (χ0) is 14.5. The van der Waals surface area contributed by atoms with Gasteiger partial charge in [-0.2, -0.15) is 0 Å². The number of aliphatic hydroxyl groups excluding tert-OH is 2. The van der Waals surface area contributed by atoms with E-state index in [4.69, 9.17) is 0 Å². The lowest BCUT2D eigenvalue weighted by Gasteiger charge is -2.40. The Bertz CT molecular complexity index is 401. The van der Waals surface area contributed by atoms with Crippen LogP contribution < -0.4 is 5.32 Å². The van der Waals surface area contributed by atoms with Crippen LogP contribution in [0.5, 0.6) is 0 Å². The molecule has 2 rings (SSSR count). The number of hydrogen-bond donors (Lipinski definition) is 3. The maximum atomic E-state index is 9.80. The van der Waals surface area contributed by atoms with Crippen molar-refractivity contribution in [1.82, 2.24) is 5.32 Å². The van der Waals surface area contributed by atoms with Gasteiger partial charge in [0.25, 0.3) is 0 Å². The Hall–Kier alpha value is -0.900. The molecule has 3 N–H and O–H groups in total. The fourth-order valence-corrected chi connectivity index (χ4v) is 3.13. The van der Waals surface area contributed by atoms with Crippen molar-refractivity contribution >= 4 is 0 Å². The van der Waals surface area contributed by atoms with Crippen LogP contribution in [0.15, 0.2) is 30.3 Å². The number of hydrogen-bond acceptors (Lipinski definition) is 3. The van der Waals surface area contributed by atoms with Crippen LogP contribution in [0.1, 0.15) is 44.6 Å². The summed E-state index contributed by atoms with van der Waals surface area (Å²) in [6.07, 6.45) is 5.82. The highest BCUT2D eigenvalue weighted by Gasteiger charge is 2.34. The van der Waals surface area contributed by atoms with Gasteiger partial charge in [0.1, 0.15) is 0 Å².